The Hall–Kier alpha value is -6.06. The van der Waals surface area contributed by atoms with Gasteiger partial charge in [-0.2, -0.15) is 4.98 Å². The molecule has 0 amide bonds. The van der Waals surface area contributed by atoms with E-state index in [1.54, 1.807) is 0 Å². The van der Waals surface area contributed by atoms with Crippen LogP contribution in [0.2, 0.25) is 0 Å². The van der Waals surface area contributed by atoms with E-state index in [1.807, 2.05) is 12.1 Å². The van der Waals surface area contributed by atoms with E-state index in [0.29, 0.717) is 11.5 Å². The molecule has 45 heavy (non-hydrogen) atoms. The van der Waals surface area contributed by atoms with E-state index >= 15 is 0 Å². The summed E-state index contributed by atoms with van der Waals surface area (Å²) in [6, 6.07) is 55.1. The van der Waals surface area contributed by atoms with Crippen molar-refractivity contribution in [1.82, 2.24) is 9.97 Å². The van der Waals surface area contributed by atoms with Crippen molar-refractivity contribution in [3.8, 4) is 44.9 Å². The van der Waals surface area contributed by atoms with Crippen LogP contribution in [0.5, 0.6) is 0 Å². The van der Waals surface area contributed by atoms with Gasteiger partial charge in [0, 0.05) is 16.5 Å². The predicted octanol–water partition coefficient (Wildman–Crippen LogP) is 11.4. The Balaban J connectivity index is 1.29. The molecule has 0 N–H and O–H groups in total. The first-order valence-corrected chi connectivity index (χ1v) is 15.2. The summed E-state index contributed by atoms with van der Waals surface area (Å²) in [6.45, 7) is 0. The molecule has 0 spiro atoms. The highest BCUT2D eigenvalue weighted by molar-refractivity contribution is 6.22. The Morgan fingerprint density at radius 2 is 0.978 bits per heavy atom. The molecule has 7 aromatic carbocycles. The maximum absolute atomic E-state index is 6.53. The molecule has 9 aromatic rings. The Morgan fingerprint density at radius 3 is 1.78 bits per heavy atom. The molecule has 3 heteroatoms. The van der Waals surface area contributed by atoms with Crippen molar-refractivity contribution in [1.29, 1.82) is 0 Å². The highest BCUT2D eigenvalue weighted by Crippen LogP contribution is 2.41. The first kappa shape index (κ1) is 25.4. The van der Waals surface area contributed by atoms with E-state index in [0.717, 1.165) is 60.5 Å². The van der Waals surface area contributed by atoms with Gasteiger partial charge in [0.05, 0.1) is 11.1 Å². The molecule has 0 saturated carbocycles. The monoisotopic (exact) mass is 574 g/mol. The molecule has 2 heterocycles. The lowest BCUT2D eigenvalue weighted by atomic mass is 9.97. The number of fused-ring (bicyclic) bond motifs is 6. The highest BCUT2D eigenvalue weighted by atomic mass is 16.3. The first-order valence-electron chi connectivity index (χ1n) is 15.2. The van der Waals surface area contributed by atoms with Crippen LogP contribution >= 0.6 is 0 Å². The zero-order chi connectivity index (χ0) is 29.7. The van der Waals surface area contributed by atoms with E-state index in [9.17, 15) is 0 Å². The van der Waals surface area contributed by atoms with Gasteiger partial charge in [-0.25, -0.2) is 4.98 Å². The second-order valence-electron chi connectivity index (χ2n) is 11.4. The van der Waals surface area contributed by atoms with Crippen LogP contribution in [0.3, 0.4) is 0 Å². The topological polar surface area (TPSA) is 38.9 Å². The number of hydrogen-bond donors (Lipinski definition) is 0. The minimum Gasteiger partial charge on any atom is -0.438 e. The van der Waals surface area contributed by atoms with E-state index in [1.165, 1.54) is 16.5 Å². The summed E-state index contributed by atoms with van der Waals surface area (Å²) in [7, 11) is 0. The largest absolute Gasteiger partial charge is 0.438 e. The van der Waals surface area contributed by atoms with Crippen molar-refractivity contribution < 1.29 is 4.42 Å². The second kappa shape index (κ2) is 10.3. The Labute approximate surface area is 260 Å². The molecule has 0 bridgehead atoms. The Kier molecular flexibility index (Phi) is 5.82. The van der Waals surface area contributed by atoms with Crippen LogP contribution in [0.25, 0.3) is 88.5 Å². The third-order valence-corrected chi connectivity index (χ3v) is 8.69. The van der Waals surface area contributed by atoms with Crippen LogP contribution in [0.15, 0.2) is 162 Å². The summed E-state index contributed by atoms with van der Waals surface area (Å²) in [5.41, 5.74) is 8.90. The molecule has 0 unspecified atom stereocenters. The van der Waals surface area contributed by atoms with Crippen LogP contribution < -0.4 is 0 Å². The molecule has 2 aromatic heterocycles. The van der Waals surface area contributed by atoms with Gasteiger partial charge >= 0.3 is 0 Å². The van der Waals surface area contributed by atoms with E-state index < -0.39 is 0 Å². The lowest BCUT2D eigenvalue weighted by molar-refractivity contribution is 0.654. The van der Waals surface area contributed by atoms with E-state index in [2.05, 4.69) is 146 Å². The number of benzene rings is 7. The fraction of sp³-hybridized carbons (Fsp3) is 0. The summed E-state index contributed by atoms with van der Waals surface area (Å²) in [4.78, 5) is 10.4. The molecular weight excluding hydrogens is 548 g/mol. The average molecular weight is 575 g/mol. The van der Waals surface area contributed by atoms with Crippen molar-refractivity contribution in [2.75, 3.05) is 0 Å². The van der Waals surface area contributed by atoms with Gasteiger partial charge in [-0.05, 0) is 62.0 Å². The first-order chi connectivity index (χ1) is 22.3. The maximum Gasteiger partial charge on any atom is 0.231 e. The number of aromatic nitrogens is 2. The molecule has 210 valence electrons. The quantitative estimate of drug-likeness (QED) is 0.210. The van der Waals surface area contributed by atoms with Crippen LogP contribution in [0.4, 0.5) is 0 Å². The molecule has 3 nitrogen and oxygen atoms in total. The van der Waals surface area contributed by atoms with Crippen LogP contribution in [0, 0.1) is 0 Å². The second-order valence-corrected chi connectivity index (χ2v) is 11.4. The van der Waals surface area contributed by atoms with Crippen molar-refractivity contribution in [2.24, 2.45) is 0 Å². The molecule has 0 aliphatic heterocycles. The van der Waals surface area contributed by atoms with Gasteiger partial charge < -0.3 is 4.42 Å². The lowest BCUT2D eigenvalue weighted by Crippen LogP contribution is -1.95. The zero-order valence-electron chi connectivity index (χ0n) is 24.3. The standard InChI is InChI=1S/C42H26N2O/c1-2-11-27(12-3-1)30-16-8-17-31(25-30)32-18-9-19-33(26-32)41-43-40(36-22-10-15-28-13-4-6-20-34(28)36)39-38-35-21-7-5-14-29(35)23-24-37(38)45-42(39)44-41/h1-26H. The van der Waals surface area contributed by atoms with Crippen molar-refractivity contribution >= 4 is 43.6 Å². The molecule has 9 rings (SSSR count). The van der Waals surface area contributed by atoms with E-state index in [-0.39, 0.29) is 0 Å². The predicted molar refractivity (Wildman–Crippen MR) is 186 cm³/mol. The van der Waals surface area contributed by atoms with Crippen molar-refractivity contribution in [3.63, 3.8) is 0 Å². The van der Waals surface area contributed by atoms with E-state index in [4.69, 9.17) is 14.4 Å². The van der Waals surface area contributed by atoms with Crippen molar-refractivity contribution in [2.45, 2.75) is 0 Å². The molecule has 0 aliphatic carbocycles. The SMILES string of the molecule is c1ccc(-c2cccc(-c3cccc(-c4nc(-c5cccc6ccccc56)c5c(n4)oc4ccc6ccccc6c45)c3)c2)cc1. The summed E-state index contributed by atoms with van der Waals surface area (Å²) in [5.74, 6) is 0.634. The number of furan rings is 1. The summed E-state index contributed by atoms with van der Waals surface area (Å²) in [6.07, 6.45) is 0. The molecule has 0 radical (unpaired) electrons. The van der Waals surface area contributed by atoms with Gasteiger partial charge in [-0.1, -0.05) is 140 Å². The smallest absolute Gasteiger partial charge is 0.231 e. The fourth-order valence-corrected chi connectivity index (χ4v) is 6.54. The lowest BCUT2D eigenvalue weighted by Gasteiger charge is -2.11. The minimum absolute atomic E-state index is 0.589. The summed E-state index contributed by atoms with van der Waals surface area (Å²) >= 11 is 0. The third kappa shape index (κ3) is 4.29. The third-order valence-electron chi connectivity index (χ3n) is 8.69. The number of nitrogens with zero attached hydrogens (tertiary/aromatic N) is 2. The normalized spacial score (nSPS) is 11.6. The van der Waals surface area contributed by atoms with Gasteiger partial charge in [0.15, 0.2) is 5.82 Å². The van der Waals surface area contributed by atoms with Gasteiger partial charge in [0.2, 0.25) is 5.71 Å². The molecule has 0 fully saturated rings. The van der Waals surface area contributed by atoms with Gasteiger partial charge in [0.25, 0.3) is 0 Å². The van der Waals surface area contributed by atoms with Gasteiger partial charge in [-0.15, -0.1) is 0 Å². The Bertz CT molecular complexity index is 2540. The minimum atomic E-state index is 0.589. The molecule has 0 aliphatic rings. The molecular formula is C42H26N2O. The Morgan fingerprint density at radius 1 is 0.400 bits per heavy atom. The molecule has 0 atom stereocenters. The highest BCUT2D eigenvalue weighted by Gasteiger charge is 2.21. The average Bonchev–Trinajstić information content (AvgIpc) is 3.51. The maximum atomic E-state index is 6.53. The fourth-order valence-electron chi connectivity index (χ4n) is 6.54. The number of hydrogen-bond acceptors (Lipinski definition) is 3. The summed E-state index contributed by atoms with van der Waals surface area (Å²) in [5, 5.41) is 6.59. The number of rotatable bonds is 4. The zero-order valence-corrected chi connectivity index (χ0v) is 24.3. The van der Waals surface area contributed by atoms with Gasteiger partial charge in [-0.3, -0.25) is 0 Å². The van der Waals surface area contributed by atoms with Crippen LogP contribution in [-0.4, -0.2) is 9.97 Å². The van der Waals surface area contributed by atoms with Crippen LogP contribution in [-0.2, 0) is 0 Å². The van der Waals surface area contributed by atoms with Crippen molar-refractivity contribution in [3.05, 3.63) is 158 Å². The summed E-state index contributed by atoms with van der Waals surface area (Å²) < 4.78 is 6.53. The van der Waals surface area contributed by atoms with Crippen LogP contribution in [0.1, 0.15) is 0 Å². The van der Waals surface area contributed by atoms with Gasteiger partial charge in [0.1, 0.15) is 5.58 Å². The molecule has 0 saturated heterocycles.